The Kier molecular flexibility index (Phi) is 6.93. The van der Waals surface area contributed by atoms with Gasteiger partial charge < -0.3 is 5.11 Å². The van der Waals surface area contributed by atoms with E-state index in [1.54, 1.807) is 19.4 Å². The Morgan fingerprint density at radius 1 is 1.21 bits per heavy atom. The van der Waals surface area contributed by atoms with E-state index in [1.165, 1.54) is 68.9 Å². The number of hydrogen-bond donors (Lipinski definition) is 1. The van der Waals surface area contributed by atoms with E-state index in [0.29, 0.717) is 29.6 Å². The average molecular weight is 399 g/mol. The SMILES string of the molecule is C=C1CCCCC1=CC=C1CCCC2(C)C1CCC2C(C)CCC(=O)C(C)(C)O. The standard InChI is InChI=1S/C27H42O2/c1-19-9-6-7-10-21(19)13-14-22-11-8-18-27(5)23(15-16-24(22)27)20(2)12-17-25(28)26(3,4)29/h13-14,20,23-24,29H,1,6-12,15-18H2,2-5H3. The molecule has 0 aromatic heterocycles. The van der Waals surface area contributed by atoms with Gasteiger partial charge in [-0.2, -0.15) is 0 Å². The first kappa shape index (κ1) is 22.5. The molecular weight excluding hydrogens is 356 g/mol. The fourth-order valence-corrected chi connectivity index (χ4v) is 6.48. The molecule has 29 heavy (non-hydrogen) atoms. The molecule has 4 atom stereocenters. The maximum atomic E-state index is 12.2. The molecule has 0 bridgehead atoms. The van der Waals surface area contributed by atoms with E-state index >= 15 is 0 Å². The summed E-state index contributed by atoms with van der Waals surface area (Å²) in [5, 5.41) is 9.95. The number of rotatable bonds is 6. The van der Waals surface area contributed by atoms with Crippen molar-refractivity contribution in [3.8, 4) is 0 Å². The molecule has 0 aromatic rings. The molecule has 0 amide bonds. The predicted octanol–water partition coefficient (Wildman–Crippen LogP) is 6.94. The number of ketones is 1. The highest BCUT2D eigenvalue weighted by atomic mass is 16.3. The highest BCUT2D eigenvalue weighted by molar-refractivity contribution is 5.86. The summed E-state index contributed by atoms with van der Waals surface area (Å²) in [4.78, 5) is 12.2. The zero-order valence-electron chi connectivity index (χ0n) is 19.2. The van der Waals surface area contributed by atoms with Crippen molar-refractivity contribution in [1.82, 2.24) is 0 Å². The number of carbonyl (C=O) groups excluding carboxylic acids is 1. The number of allylic oxidation sites excluding steroid dienone is 5. The summed E-state index contributed by atoms with van der Waals surface area (Å²) < 4.78 is 0. The third kappa shape index (κ3) is 4.95. The second kappa shape index (κ2) is 8.92. The van der Waals surface area contributed by atoms with Crippen LogP contribution in [0, 0.1) is 23.2 Å². The van der Waals surface area contributed by atoms with Crippen molar-refractivity contribution in [3.63, 3.8) is 0 Å². The van der Waals surface area contributed by atoms with Gasteiger partial charge in [0.2, 0.25) is 0 Å². The first-order chi connectivity index (χ1) is 13.6. The van der Waals surface area contributed by atoms with Crippen LogP contribution in [0.5, 0.6) is 0 Å². The van der Waals surface area contributed by atoms with Crippen LogP contribution in [0.1, 0.15) is 98.3 Å². The number of hydrogen-bond acceptors (Lipinski definition) is 2. The van der Waals surface area contributed by atoms with Gasteiger partial charge in [-0.15, -0.1) is 0 Å². The fourth-order valence-electron chi connectivity index (χ4n) is 6.48. The third-order valence-electron chi connectivity index (χ3n) is 8.36. The second-order valence-electron chi connectivity index (χ2n) is 10.8. The highest BCUT2D eigenvalue weighted by Crippen LogP contribution is 2.59. The fraction of sp³-hybridized carbons (Fsp3) is 0.741. The molecule has 0 heterocycles. The maximum absolute atomic E-state index is 12.2. The summed E-state index contributed by atoms with van der Waals surface area (Å²) in [6.07, 6.45) is 17.6. The van der Waals surface area contributed by atoms with Gasteiger partial charge in [-0.1, -0.05) is 43.7 Å². The lowest BCUT2D eigenvalue weighted by atomic mass is 9.60. The molecule has 3 rings (SSSR count). The molecule has 0 aromatic carbocycles. The molecule has 2 heteroatoms. The van der Waals surface area contributed by atoms with Gasteiger partial charge in [-0.25, -0.2) is 0 Å². The van der Waals surface area contributed by atoms with E-state index < -0.39 is 5.60 Å². The average Bonchev–Trinajstić information content (AvgIpc) is 3.02. The number of aliphatic hydroxyl groups is 1. The first-order valence-corrected chi connectivity index (χ1v) is 12.0. The Balaban J connectivity index is 1.69. The van der Waals surface area contributed by atoms with Crippen LogP contribution in [-0.2, 0) is 4.79 Å². The van der Waals surface area contributed by atoms with Gasteiger partial charge in [-0.05, 0) is 107 Å². The van der Waals surface area contributed by atoms with Gasteiger partial charge in [0, 0.05) is 6.42 Å². The van der Waals surface area contributed by atoms with E-state index in [9.17, 15) is 9.90 Å². The minimum absolute atomic E-state index is 0.0207. The molecule has 3 fully saturated rings. The molecule has 4 unspecified atom stereocenters. The molecule has 1 N–H and O–H groups in total. The minimum Gasteiger partial charge on any atom is -0.383 e. The second-order valence-corrected chi connectivity index (χ2v) is 10.8. The highest BCUT2D eigenvalue weighted by Gasteiger charge is 2.50. The zero-order valence-corrected chi connectivity index (χ0v) is 19.2. The Labute approximate surface area is 178 Å². The Hall–Kier alpha value is -1.15. The molecular formula is C27H42O2. The van der Waals surface area contributed by atoms with Crippen molar-refractivity contribution >= 4 is 5.78 Å². The van der Waals surface area contributed by atoms with Crippen LogP contribution in [0.3, 0.4) is 0 Å². The summed E-state index contributed by atoms with van der Waals surface area (Å²) >= 11 is 0. The van der Waals surface area contributed by atoms with Gasteiger partial charge in [0.1, 0.15) is 5.60 Å². The summed E-state index contributed by atoms with van der Waals surface area (Å²) in [6.45, 7) is 12.4. The lowest BCUT2D eigenvalue weighted by Gasteiger charge is -2.44. The molecule has 0 spiro atoms. The Morgan fingerprint density at radius 2 is 1.93 bits per heavy atom. The Bertz CT molecular complexity index is 690. The van der Waals surface area contributed by atoms with E-state index in [4.69, 9.17) is 0 Å². The molecule has 3 aliphatic rings. The van der Waals surface area contributed by atoms with E-state index in [0.717, 1.165) is 6.42 Å². The van der Waals surface area contributed by atoms with E-state index in [2.05, 4.69) is 32.6 Å². The summed E-state index contributed by atoms with van der Waals surface area (Å²) in [5.41, 5.74) is 3.65. The van der Waals surface area contributed by atoms with Crippen molar-refractivity contribution in [2.24, 2.45) is 23.2 Å². The van der Waals surface area contributed by atoms with Crippen LogP contribution < -0.4 is 0 Å². The van der Waals surface area contributed by atoms with Crippen LogP contribution in [-0.4, -0.2) is 16.5 Å². The van der Waals surface area contributed by atoms with E-state index in [-0.39, 0.29) is 5.78 Å². The van der Waals surface area contributed by atoms with Crippen LogP contribution in [0.25, 0.3) is 0 Å². The quantitative estimate of drug-likeness (QED) is 0.526. The third-order valence-corrected chi connectivity index (χ3v) is 8.36. The normalized spacial score (nSPS) is 34.4. The predicted molar refractivity (Wildman–Crippen MR) is 122 cm³/mol. The summed E-state index contributed by atoms with van der Waals surface area (Å²) in [6, 6.07) is 0. The summed E-state index contributed by atoms with van der Waals surface area (Å²) in [7, 11) is 0. The van der Waals surface area contributed by atoms with Crippen LogP contribution in [0.2, 0.25) is 0 Å². The molecule has 3 aliphatic carbocycles. The first-order valence-electron chi connectivity index (χ1n) is 12.0. The van der Waals surface area contributed by atoms with Crippen LogP contribution >= 0.6 is 0 Å². The van der Waals surface area contributed by atoms with Gasteiger partial charge in [0.25, 0.3) is 0 Å². The monoisotopic (exact) mass is 398 g/mol. The smallest absolute Gasteiger partial charge is 0.163 e. The Morgan fingerprint density at radius 3 is 2.62 bits per heavy atom. The number of fused-ring (bicyclic) bond motifs is 1. The van der Waals surface area contributed by atoms with Crippen LogP contribution in [0.4, 0.5) is 0 Å². The molecule has 162 valence electrons. The molecule has 0 aliphatic heterocycles. The van der Waals surface area contributed by atoms with Crippen LogP contribution in [0.15, 0.2) is 35.5 Å². The van der Waals surface area contributed by atoms with Crippen molar-refractivity contribution in [2.45, 2.75) is 104 Å². The van der Waals surface area contributed by atoms with Crippen molar-refractivity contribution in [1.29, 1.82) is 0 Å². The molecule has 2 nitrogen and oxygen atoms in total. The topological polar surface area (TPSA) is 37.3 Å². The minimum atomic E-state index is -1.20. The molecule has 0 radical (unpaired) electrons. The largest absolute Gasteiger partial charge is 0.383 e. The maximum Gasteiger partial charge on any atom is 0.163 e. The van der Waals surface area contributed by atoms with Crippen molar-refractivity contribution in [2.75, 3.05) is 0 Å². The summed E-state index contributed by atoms with van der Waals surface area (Å²) in [5.74, 6) is 1.89. The number of Topliss-reactive ketones (excluding diaryl/α,β-unsaturated/α-hetero) is 1. The van der Waals surface area contributed by atoms with Crippen molar-refractivity contribution < 1.29 is 9.90 Å². The lowest BCUT2D eigenvalue weighted by Crippen LogP contribution is -2.36. The van der Waals surface area contributed by atoms with E-state index in [1.807, 2.05) is 0 Å². The lowest BCUT2D eigenvalue weighted by molar-refractivity contribution is -0.134. The molecule has 3 saturated carbocycles. The number of carbonyl (C=O) groups is 1. The van der Waals surface area contributed by atoms with Gasteiger partial charge >= 0.3 is 0 Å². The van der Waals surface area contributed by atoms with Gasteiger partial charge in [0.05, 0.1) is 0 Å². The van der Waals surface area contributed by atoms with Gasteiger partial charge in [-0.3, -0.25) is 4.79 Å². The van der Waals surface area contributed by atoms with Gasteiger partial charge in [0.15, 0.2) is 5.78 Å². The molecule has 0 saturated heterocycles. The van der Waals surface area contributed by atoms with Crippen molar-refractivity contribution in [3.05, 3.63) is 35.5 Å². The zero-order chi connectivity index (χ0) is 21.2.